The van der Waals surface area contributed by atoms with Gasteiger partial charge in [0, 0.05) is 53.8 Å². The third-order valence-electron chi connectivity index (χ3n) is 3.67. The lowest BCUT2D eigenvalue weighted by atomic mass is 10.2. The van der Waals surface area contributed by atoms with Crippen molar-refractivity contribution in [2.75, 3.05) is 17.2 Å². The molecule has 3 aromatic rings. The minimum absolute atomic E-state index is 0.937. The summed E-state index contributed by atoms with van der Waals surface area (Å²) in [6, 6.07) is 4.17. The van der Waals surface area contributed by atoms with Crippen LogP contribution in [0.15, 0.2) is 43.3 Å². The minimum Gasteiger partial charge on any atom is -0.346 e. The van der Waals surface area contributed by atoms with E-state index >= 15 is 0 Å². The maximum Gasteiger partial charge on any atom is 0.137 e. The summed E-state index contributed by atoms with van der Waals surface area (Å²) in [7, 11) is 2.02. The fourth-order valence-electron chi connectivity index (χ4n) is 2.63. The van der Waals surface area contributed by atoms with Crippen molar-refractivity contribution in [3.63, 3.8) is 0 Å². The molecule has 0 aromatic carbocycles. The highest BCUT2D eigenvalue weighted by Gasteiger charge is 2.17. The van der Waals surface area contributed by atoms with Crippen LogP contribution in [0.25, 0.3) is 15.9 Å². The quantitative estimate of drug-likeness (QED) is 0.790. The molecule has 0 atom stereocenters. The Labute approximate surface area is 126 Å². The van der Waals surface area contributed by atoms with Crippen LogP contribution in [0.2, 0.25) is 0 Å². The molecule has 106 valence electrons. The molecule has 0 bridgehead atoms. The molecule has 5 nitrogen and oxygen atoms in total. The van der Waals surface area contributed by atoms with Crippen molar-refractivity contribution in [2.45, 2.75) is 0 Å². The molecule has 1 aliphatic heterocycles. The standard InChI is InChI=1S/C15H15N5S/c1-19-10-16-8-14(19)20-6-7-21-13(9-20)11-2-4-17-15-12(11)3-5-18-15/h2-5,8-10H,6-7H2,1H3,(H,17,18). The summed E-state index contributed by atoms with van der Waals surface area (Å²) < 4.78 is 2.04. The Morgan fingerprint density at radius 2 is 2.29 bits per heavy atom. The van der Waals surface area contributed by atoms with Crippen LogP contribution >= 0.6 is 11.8 Å². The molecule has 21 heavy (non-hydrogen) atoms. The summed E-state index contributed by atoms with van der Waals surface area (Å²) in [6.07, 6.45) is 9.75. The highest BCUT2D eigenvalue weighted by molar-refractivity contribution is 8.08. The van der Waals surface area contributed by atoms with E-state index in [9.17, 15) is 0 Å². The van der Waals surface area contributed by atoms with Crippen LogP contribution in [-0.2, 0) is 7.05 Å². The fourth-order valence-corrected chi connectivity index (χ4v) is 3.67. The number of nitrogens with zero attached hydrogens (tertiary/aromatic N) is 4. The number of hydrogen-bond donors (Lipinski definition) is 1. The van der Waals surface area contributed by atoms with Gasteiger partial charge in [0.1, 0.15) is 11.5 Å². The highest BCUT2D eigenvalue weighted by atomic mass is 32.2. The van der Waals surface area contributed by atoms with E-state index in [1.54, 1.807) is 0 Å². The number of fused-ring (bicyclic) bond motifs is 1. The van der Waals surface area contributed by atoms with Crippen molar-refractivity contribution in [1.82, 2.24) is 19.5 Å². The van der Waals surface area contributed by atoms with E-state index in [2.05, 4.69) is 38.2 Å². The number of nitrogens with one attached hydrogen (secondary N) is 1. The van der Waals surface area contributed by atoms with Crippen LogP contribution in [0.4, 0.5) is 5.82 Å². The molecule has 1 aliphatic rings. The first-order valence-electron chi connectivity index (χ1n) is 6.83. The summed E-state index contributed by atoms with van der Waals surface area (Å²) in [4.78, 5) is 15.3. The molecule has 0 amide bonds. The van der Waals surface area contributed by atoms with E-state index in [0.29, 0.717) is 0 Å². The Morgan fingerprint density at radius 3 is 3.14 bits per heavy atom. The van der Waals surface area contributed by atoms with E-state index < -0.39 is 0 Å². The molecule has 4 heterocycles. The van der Waals surface area contributed by atoms with Crippen LogP contribution in [0.5, 0.6) is 0 Å². The van der Waals surface area contributed by atoms with Gasteiger partial charge in [-0.05, 0) is 12.1 Å². The topological polar surface area (TPSA) is 49.7 Å². The summed E-state index contributed by atoms with van der Waals surface area (Å²) in [6.45, 7) is 0.995. The Hall–Kier alpha value is -2.21. The first-order valence-corrected chi connectivity index (χ1v) is 7.81. The molecule has 0 unspecified atom stereocenters. The van der Waals surface area contributed by atoms with Gasteiger partial charge >= 0.3 is 0 Å². The Bertz CT molecular complexity index is 816. The average Bonchev–Trinajstić information content (AvgIpc) is 3.15. The molecule has 3 aromatic heterocycles. The second-order valence-electron chi connectivity index (χ2n) is 5.00. The number of pyridine rings is 1. The smallest absolute Gasteiger partial charge is 0.137 e. The fraction of sp³-hybridized carbons (Fsp3) is 0.200. The van der Waals surface area contributed by atoms with Crippen molar-refractivity contribution >= 4 is 33.5 Å². The van der Waals surface area contributed by atoms with Gasteiger partial charge in [-0.15, -0.1) is 11.8 Å². The third kappa shape index (κ3) is 2.12. The number of H-pyrrole nitrogens is 1. The molecule has 0 saturated carbocycles. The molecular formula is C15H15N5S. The van der Waals surface area contributed by atoms with Crippen LogP contribution in [0.1, 0.15) is 5.56 Å². The molecule has 0 fully saturated rings. The third-order valence-corrected chi connectivity index (χ3v) is 4.70. The molecular weight excluding hydrogens is 282 g/mol. The molecule has 0 aliphatic carbocycles. The summed E-state index contributed by atoms with van der Waals surface area (Å²) in [5.41, 5.74) is 2.17. The minimum atomic E-state index is 0.937. The van der Waals surface area contributed by atoms with E-state index in [0.717, 1.165) is 23.8 Å². The van der Waals surface area contributed by atoms with E-state index in [1.165, 1.54) is 15.9 Å². The maximum absolute atomic E-state index is 4.36. The van der Waals surface area contributed by atoms with Gasteiger partial charge in [-0.1, -0.05) is 0 Å². The van der Waals surface area contributed by atoms with Crippen molar-refractivity contribution in [3.05, 3.63) is 48.8 Å². The van der Waals surface area contributed by atoms with Crippen molar-refractivity contribution in [1.29, 1.82) is 0 Å². The molecule has 0 spiro atoms. The maximum atomic E-state index is 4.36. The molecule has 0 radical (unpaired) electrons. The number of imidazole rings is 1. The molecule has 1 N–H and O–H groups in total. The lowest BCUT2D eigenvalue weighted by molar-refractivity contribution is 0.863. The van der Waals surface area contributed by atoms with Crippen LogP contribution < -0.4 is 4.90 Å². The second-order valence-corrected chi connectivity index (χ2v) is 6.13. The Balaban J connectivity index is 1.79. The van der Waals surface area contributed by atoms with Crippen molar-refractivity contribution in [2.24, 2.45) is 7.05 Å². The Morgan fingerprint density at radius 1 is 1.33 bits per heavy atom. The number of hydrogen-bond acceptors (Lipinski definition) is 4. The van der Waals surface area contributed by atoms with Gasteiger partial charge in [0.25, 0.3) is 0 Å². The average molecular weight is 297 g/mol. The molecule has 4 rings (SSSR count). The number of aromatic amines is 1. The zero-order valence-electron chi connectivity index (χ0n) is 11.7. The summed E-state index contributed by atoms with van der Waals surface area (Å²) >= 11 is 1.89. The predicted molar refractivity (Wildman–Crippen MR) is 87.1 cm³/mol. The number of thioether (sulfide) groups is 1. The van der Waals surface area contributed by atoms with Gasteiger partial charge in [0.15, 0.2) is 0 Å². The Kier molecular flexibility index (Phi) is 2.96. The zero-order chi connectivity index (χ0) is 14.2. The SMILES string of the molecule is Cn1cncc1N1C=C(c2ccnc3[nH]ccc23)SCC1. The largest absolute Gasteiger partial charge is 0.346 e. The van der Waals surface area contributed by atoms with Crippen molar-refractivity contribution in [3.8, 4) is 0 Å². The van der Waals surface area contributed by atoms with Crippen molar-refractivity contribution < 1.29 is 0 Å². The monoisotopic (exact) mass is 297 g/mol. The van der Waals surface area contributed by atoms with Gasteiger partial charge in [-0.3, -0.25) is 0 Å². The lowest BCUT2D eigenvalue weighted by Crippen LogP contribution is -2.24. The normalized spacial score (nSPS) is 15.5. The first-order chi connectivity index (χ1) is 10.3. The van der Waals surface area contributed by atoms with Gasteiger partial charge in [-0.2, -0.15) is 0 Å². The van der Waals surface area contributed by atoms with Gasteiger partial charge in [-0.25, -0.2) is 9.97 Å². The van der Waals surface area contributed by atoms with Gasteiger partial charge < -0.3 is 14.5 Å². The lowest BCUT2D eigenvalue weighted by Gasteiger charge is -2.26. The van der Waals surface area contributed by atoms with E-state index in [4.69, 9.17) is 0 Å². The molecule has 0 saturated heterocycles. The summed E-state index contributed by atoms with van der Waals surface area (Å²) in [5, 5.41) is 1.17. The number of aryl methyl sites for hydroxylation is 1. The van der Waals surface area contributed by atoms with E-state index in [-0.39, 0.29) is 0 Å². The number of anilines is 1. The number of rotatable bonds is 2. The summed E-state index contributed by atoms with van der Waals surface area (Å²) in [5.74, 6) is 2.18. The van der Waals surface area contributed by atoms with Crippen LogP contribution in [0.3, 0.4) is 0 Å². The predicted octanol–water partition coefficient (Wildman–Crippen LogP) is 2.85. The van der Waals surface area contributed by atoms with Crippen LogP contribution in [-0.4, -0.2) is 31.8 Å². The van der Waals surface area contributed by atoms with Gasteiger partial charge in [0.2, 0.25) is 0 Å². The molecule has 6 heteroatoms. The highest BCUT2D eigenvalue weighted by Crippen LogP contribution is 2.35. The van der Waals surface area contributed by atoms with Crippen LogP contribution in [0, 0.1) is 0 Å². The first kappa shape index (κ1) is 12.5. The number of aromatic nitrogens is 4. The zero-order valence-corrected chi connectivity index (χ0v) is 12.5. The van der Waals surface area contributed by atoms with Gasteiger partial charge in [0.05, 0.1) is 12.5 Å². The van der Waals surface area contributed by atoms with E-state index in [1.807, 2.05) is 48.3 Å². The second kappa shape index (κ2) is 4.96.